The molecule has 3 rings (SSSR count). The second-order valence-electron chi connectivity index (χ2n) is 5.18. The van der Waals surface area contributed by atoms with E-state index < -0.39 is 23.3 Å². The Morgan fingerprint density at radius 3 is 2.58 bits per heavy atom. The molecule has 1 aromatic carbocycles. The minimum absolute atomic E-state index is 0.000620. The first-order valence-corrected chi connectivity index (χ1v) is 7.79. The third kappa shape index (κ3) is 3.38. The number of aromatic nitrogens is 2. The summed E-state index contributed by atoms with van der Waals surface area (Å²) >= 11 is 11.8. The molecular formula is C16H8Cl2F3N3O2. The molecule has 2 heterocycles. The number of H-pyrrole nitrogens is 1. The minimum Gasteiger partial charge on any atom is -0.326 e. The molecule has 0 aliphatic rings. The number of carbonyl (C=O) groups excluding carboxylic acids is 1. The Morgan fingerprint density at radius 1 is 1.15 bits per heavy atom. The van der Waals surface area contributed by atoms with Crippen molar-refractivity contribution < 1.29 is 18.0 Å². The first-order valence-electron chi connectivity index (χ1n) is 7.03. The molecule has 0 fully saturated rings. The monoisotopic (exact) mass is 401 g/mol. The lowest BCUT2D eigenvalue weighted by Crippen LogP contribution is -2.17. The summed E-state index contributed by atoms with van der Waals surface area (Å²) in [6.45, 7) is 0. The zero-order valence-electron chi connectivity index (χ0n) is 12.6. The Bertz CT molecular complexity index is 1080. The number of amides is 1. The van der Waals surface area contributed by atoms with Gasteiger partial charge in [0.25, 0.3) is 11.5 Å². The molecule has 134 valence electrons. The fraction of sp³-hybridized carbons (Fsp3) is 0.0625. The van der Waals surface area contributed by atoms with Gasteiger partial charge in [0.1, 0.15) is 10.7 Å². The highest BCUT2D eigenvalue weighted by Crippen LogP contribution is 2.31. The van der Waals surface area contributed by atoms with Gasteiger partial charge in [0.05, 0.1) is 16.2 Å². The summed E-state index contributed by atoms with van der Waals surface area (Å²) in [6.07, 6.45) is -3.44. The molecule has 26 heavy (non-hydrogen) atoms. The number of anilines is 1. The summed E-state index contributed by atoms with van der Waals surface area (Å²) in [7, 11) is 0. The Kier molecular flexibility index (Phi) is 4.64. The molecule has 0 unspecified atom stereocenters. The number of pyridine rings is 2. The quantitative estimate of drug-likeness (QED) is 0.663. The average molecular weight is 402 g/mol. The van der Waals surface area contributed by atoms with E-state index in [9.17, 15) is 22.8 Å². The van der Waals surface area contributed by atoms with Crippen LogP contribution in [0.1, 0.15) is 16.1 Å². The molecule has 10 heteroatoms. The number of rotatable bonds is 2. The molecule has 3 aromatic rings. The van der Waals surface area contributed by atoms with Crippen molar-refractivity contribution in [3.8, 4) is 0 Å². The van der Waals surface area contributed by atoms with Crippen molar-refractivity contribution in [3.05, 3.63) is 68.2 Å². The first kappa shape index (κ1) is 18.2. The van der Waals surface area contributed by atoms with Crippen molar-refractivity contribution in [1.29, 1.82) is 0 Å². The maximum absolute atomic E-state index is 12.8. The van der Waals surface area contributed by atoms with Crippen molar-refractivity contribution in [3.63, 3.8) is 0 Å². The molecule has 5 nitrogen and oxygen atoms in total. The van der Waals surface area contributed by atoms with Crippen LogP contribution in [0.3, 0.4) is 0 Å². The molecule has 0 saturated carbocycles. The predicted octanol–water partition coefficient (Wildman–Crippen LogP) is 4.50. The van der Waals surface area contributed by atoms with Crippen LogP contribution in [0.2, 0.25) is 10.0 Å². The molecule has 0 spiro atoms. The van der Waals surface area contributed by atoms with Crippen molar-refractivity contribution in [2.75, 3.05) is 5.32 Å². The summed E-state index contributed by atoms with van der Waals surface area (Å²) in [5.41, 5.74) is -1.77. The van der Waals surface area contributed by atoms with Gasteiger partial charge in [-0.25, -0.2) is 4.98 Å². The van der Waals surface area contributed by atoms with Crippen molar-refractivity contribution in [2.45, 2.75) is 6.18 Å². The third-order valence-corrected chi connectivity index (χ3v) is 4.15. The lowest BCUT2D eigenvalue weighted by Gasteiger charge is -2.11. The minimum atomic E-state index is -4.60. The van der Waals surface area contributed by atoms with Crippen LogP contribution < -0.4 is 10.9 Å². The van der Waals surface area contributed by atoms with E-state index in [4.69, 9.17) is 23.2 Å². The Labute approximate surface area is 153 Å². The van der Waals surface area contributed by atoms with E-state index in [2.05, 4.69) is 15.3 Å². The van der Waals surface area contributed by atoms with Gasteiger partial charge in [0.15, 0.2) is 0 Å². The summed E-state index contributed by atoms with van der Waals surface area (Å²) in [5, 5.41) is 2.29. The van der Waals surface area contributed by atoms with E-state index in [1.165, 1.54) is 18.2 Å². The smallest absolute Gasteiger partial charge is 0.326 e. The van der Waals surface area contributed by atoms with Crippen LogP contribution in [-0.2, 0) is 6.18 Å². The van der Waals surface area contributed by atoms with Gasteiger partial charge in [-0.15, -0.1) is 0 Å². The number of nitrogens with one attached hydrogen (secondary N) is 2. The fourth-order valence-corrected chi connectivity index (χ4v) is 2.74. The summed E-state index contributed by atoms with van der Waals surface area (Å²) in [5.74, 6) is -0.702. The molecule has 0 bridgehead atoms. The molecular weight excluding hydrogens is 394 g/mol. The molecule has 0 radical (unpaired) electrons. The van der Waals surface area contributed by atoms with Crippen LogP contribution in [0.15, 0.2) is 41.3 Å². The largest absolute Gasteiger partial charge is 0.433 e. The second kappa shape index (κ2) is 6.62. The topological polar surface area (TPSA) is 74.8 Å². The van der Waals surface area contributed by atoms with Crippen molar-refractivity contribution in [1.82, 2.24) is 9.97 Å². The van der Waals surface area contributed by atoms with Crippen molar-refractivity contribution >= 4 is 45.7 Å². The second-order valence-corrected chi connectivity index (χ2v) is 5.96. The highest BCUT2D eigenvalue weighted by Gasteiger charge is 2.32. The highest BCUT2D eigenvalue weighted by molar-refractivity contribution is 6.39. The number of benzene rings is 1. The lowest BCUT2D eigenvalue weighted by atomic mass is 10.1. The van der Waals surface area contributed by atoms with Crippen LogP contribution in [0.4, 0.5) is 18.9 Å². The predicted molar refractivity (Wildman–Crippen MR) is 91.8 cm³/mol. The SMILES string of the molecule is O=C(Nc1c(Cl)c[nH]c(=O)c1Cl)c1cccc2nc(C(F)(F)F)ccc12. The third-order valence-electron chi connectivity index (χ3n) is 3.49. The maximum Gasteiger partial charge on any atom is 0.433 e. The average Bonchev–Trinajstić information content (AvgIpc) is 2.60. The fourth-order valence-electron chi connectivity index (χ4n) is 2.29. The molecule has 0 saturated heterocycles. The van der Waals surface area contributed by atoms with E-state index in [1.807, 2.05) is 0 Å². The Balaban J connectivity index is 2.05. The van der Waals surface area contributed by atoms with Gasteiger partial charge in [-0.1, -0.05) is 29.3 Å². The first-order chi connectivity index (χ1) is 12.2. The van der Waals surface area contributed by atoms with Gasteiger partial charge >= 0.3 is 6.18 Å². The normalized spacial score (nSPS) is 11.6. The maximum atomic E-state index is 12.8. The van der Waals surface area contributed by atoms with Gasteiger partial charge < -0.3 is 10.3 Å². The van der Waals surface area contributed by atoms with E-state index >= 15 is 0 Å². The number of fused-ring (bicyclic) bond motifs is 1. The number of aromatic amines is 1. The number of alkyl halides is 3. The van der Waals surface area contributed by atoms with Gasteiger partial charge in [-0.2, -0.15) is 13.2 Å². The van der Waals surface area contributed by atoms with Crippen LogP contribution in [0.25, 0.3) is 10.9 Å². The standard InChI is InChI=1S/C16H8Cl2F3N3O2/c17-9-6-22-15(26)12(18)13(9)24-14(25)8-2-1-3-10-7(8)4-5-11(23-10)16(19,20)21/h1-6H,(H2,22,24,25,26). The lowest BCUT2D eigenvalue weighted by molar-refractivity contribution is -0.140. The summed E-state index contributed by atoms with van der Waals surface area (Å²) in [6, 6.07) is 6.09. The molecule has 0 aliphatic carbocycles. The molecule has 1 amide bonds. The van der Waals surface area contributed by atoms with Crippen LogP contribution in [0.5, 0.6) is 0 Å². The number of halogens is 5. The molecule has 2 N–H and O–H groups in total. The van der Waals surface area contributed by atoms with E-state index in [1.54, 1.807) is 0 Å². The van der Waals surface area contributed by atoms with Gasteiger partial charge in [-0.05, 0) is 24.3 Å². The van der Waals surface area contributed by atoms with Gasteiger partial charge in [0, 0.05) is 17.1 Å². The van der Waals surface area contributed by atoms with Crippen molar-refractivity contribution in [2.24, 2.45) is 0 Å². The number of nitrogens with zero attached hydrogens (tertiary/aromatic N) is 1. The zero-order chi connectivity index (χ0) is 19.1. The molecule has 0 atom stereocenters. The van der Waals surface area contributed by atoms with Gasteiger partial charge in [-0.3, -0.25) is 9.59 Å². The van der Waals surface area contributed by atoms with Crippen LogP contribution in [-0.4, -0.2) is 15.9 Å². The van der Waals surface area contributed by atoms with E-state index in [-0.39, 0.29) is 32.2 Å². The number of hydrogen-bond donors (Lipinski definition) is 2. The van der Waals surface area contributed by atoms with Crippen LogP contribution >= 0.6 is 23.2 Å². The van der Waals surface area contributed by atoms with E-state index in [0.717, 1.165) is 18.3 Å². The number of hydrogen-bond acceptors (Lipinski definition) is 3. The summed E-state index contributed by atoms with van der Waals surface area (Å²) in [4.78, 5) is 29.9. The van der Waals surface area contributed by atoms with Crippen LogP contribution in [0, 0.1) is 0 Å². The van der Waals surface area contributed by atoms with Gasteiger partial charge in [0.2, 0.25) is 0 Å². The van der Waals surface area contributed by atoms with E-state index in [0.29, 0.717) is 0 Å². The Hall–Kier alpha value is -2.58. The zero-order valence-corrected chi connectivity index (χ0v) is 14.1. The molecule has 2 aromatic heterocycles. The highest BCUT2D eigenvalue weighted by atomic mass is 35.5. The summed E-state index contributed by atoms with van der Waals surface area (Å²) < 4.78 is 38.4. The Morgan fingerprint density at radius 2 is 1.88 bits per heavy atom. The number of carbonyl (C=O) groups is 1. The molecule has 0 aliphatic heterocycles.